The maximum atomic E-state index is 14.7. The van der Waals surface area contributed by atoms with Crippen LogP contribution in [0.2, 0.25) is 5.02 Å². The molecule has 0 fully saturated rings. The number of nitrogens with zero attached hydrogens (tertiary/aromatic N) is 2. The number of halogens is 4. The molecule has 10 heteroatoms. The van der Waals surface area contributed by atoms with E-state index in [-0.39, 0.29) is 53.2 Å². The number of carbonyl (C=O) groups is 1. The van der Waals surface area contributed by atoms with Crippen molar-refractivity contribution in [3.05, 3.63) is 76.3 Å². The molecule has 3 rings (SSSR count). The van der Waals surface area contributed by atoms with Crippen LogP contribution < -0.4 is 4.74 Å². The predicted octanol–water partition coefficient (Wildman–Crippen LogP) is 4.53. The van der Waals surface area contributed by atoms with Gasteiger partial charge in [-0.1, -0.05) is 17.7 Å². The summed E-state index contributed by atoms with van der Waals surface area (Å²) in [5, 5.41) is 0.149. The Labute approximate surface area is 186 Å². The lowest BCUT2D eigenvalue weighted by Crippen LogP contribution is -2.13. The first kappa shape index (κ1) is 23.5. The molecule has 2 aromatic heterocycles. The van der Waals surface area contributed by atoms with E-state index in [1.54, 1.807) is 0 Å². The van der Waals surface area contributed by atoms with Gasteiger partial charge in [0.05, 0.1) is 23.7 Å². The fourth-order valence-electron chi connectivity index (χ4n) is 2.70. The lowest BCUT2D eigenvalue weighted by molar-refractivity contribution is -0.144. The number of methoxy groups -OCH3 is 1. The Morgan fingerprint density at radius 2 is 1.88 bits per heavy atom. The maximum Gasteiger partial charge on any atom is 0.310 e. The number of rotatable bonds is 9. The van der Waals surface area contributed by atoms with Crippen molar-refractivity contribution in [3.8, 4) is 17.1 Å². The molecule has 0 unspecified atom stereocenters. The largest absolute Gasteiger partial charge is 0.471 e. The third kappa shape index (κ3) is 6.18. The van der Waals surface area contributed by atoms with Crippen molar-refractivity contribution in [1.82, 2.24) is 9.97 Å². The van der Waals surface area contributed by atoms with Gasteiger partial charge in [-0.05, 0) is 24.3 Å². The zero-order chi connectivity index (χ0) is 23.1. The van der Waals surface area contributed by atoms with E-state index in [4.69, 9.17) is 25.8 Å². The Hall–Kier alpha value is -3.17. The smallest absolute Gasteiger partial charge is 0.310 e. The molecule has 0 bridgehead atoms. The first-order valence-corrected chi connectivity index (χ1v) is 9.77. The second-order valence-corrected chi connectivity index (χ2v) is 6.98. The molecule has 0 atom stereocenters. The molecular weight excluding hydrogens is 449 g/mol. The second kappa shape index (κ2) is 10.9. The van der Waals surface area contributed by atoms with Crippen LogP contribution in [0.3, 0.4) is 0 Å². The van der Waals surface area contributed by atoms with E-state index in [9.17, 15) is 18.0 Å². The van der Waals surface area contributed by atoms with E-state index in [2.05, 4.69) is 9.97 Å². The third-order valence-corrected chi connectivity index (χ3v) is 4.47. The first-order chi connectivity index (χ1) is 15.4. The van der Waals surface area contributed by atoms with Gasteiger partial charge >= 0.3 is 5.97 Å². The van der Waals surface area contributed by atoms with Crippen LogP contribution in [-0.2, 0) is 27.3 Å². The molecule has 2 heterocycles. The van der Waals surface area contributed by atoms with Gasteiger partial charge in [0, 0.05) is 30.5 Å². The summed E-state index contributed by atoms with van der Waals surface area (Å²) < 4.78 is 58.0. The molecule has 0 aliphatic carbocycles. The van der Waals surface area contributed by atoms with Crippen molar-refractivity contribution in [1.29, 1.82) is 0 Å². The Balaban J connectivity index is 1.73. The van der Waals surface area contributed by atoms with Gasteiger partial charge in [0.15, 0.2) is 0 Å². The SMILES string of the molecule is COCCOC(=O)Cc1cc(F)c(-c2cccc(OCc3ncc(Cl)cc3F)n2)cc1F. The lowest BCUT2D eigenvalue weighted by atomic mass is 10.0. The summed E-state index contributed by atoms with van der Waals surface area (Å²) in [6.07, 6.45) is 0.850. The number of ether oxygens (including phenoxy) is 3. The number of hydrogen-bond acceptors (Lipinski definition) is 6. The van der Waals surface area contributed by atoms with Gasteiger partial charge in [0.1, 0.15) is 36.4 Å². The van der Waals surface area contributed by atoms with Crippen molar-refractivity contribution in [3.63, 3.8) is 0 Å². The highest BCUT2D eigenvalue weighted by Crippen LogP contribution is 2.26. The zero-order valence-electron chi connectivity index (χ0n) is 16.9. The van der Waals surface area contributed by atoms with E-state index in [1.807, 2.05) is 0 Å². The van der Waals surface area contributed by atoms with Gasteiger partial charge in [-0.2, -0.15) is 0 Å². The topological polar surface area (TPSA) is 70.5 Å². The third-order valence-electron chi connectivity index (χ3n) is 4.26. The van der Waals surface area contributed by atoms with Gasteiger partial charge in [0.25, 0.3) is 0 Å². The number of carbonyl (C=O) groups excluding carboxylic acids is 1. The number of benzene rings is 1. The summed E-state index contributed by atoms with van der Waals surface area (Å²) in [4.78, 5) is 19.7. The van der Waals surface area contributed by atoms with Gasteiger partial charge in [-0.15, -0.1) is 0 Å². The average Bonchev–Trinajstić information content (AvgIpc) is 2.76. The molecule has 0 aliphatic rings. The molecule has 0 spiro atoms. The highest BCUT2D eigenvalue weighted by molar-refractivity contribution is 6.30. The standard InChI is InChI=1S/C22H18ClF3N2O4/c1-30-5-6-31-22(29)8-13-7-17(25)15(10-16(13)24)19-3-2-4-21(28-19)32-12-20-18(26)9-14(23)11-27-20/h2-4,7,9-11H,5-6,8,12H2,1H3. The van der Waals surface area contributed by atoms with E-state index >= 15 is 0 Å². The van der Waals surface area contributed by atoms with E-state index in [0.29, 0.717) is 0 Å². The molecule has 0 saturated heterocycles. The Morgan fingerprint density at radius 3 is 2.62 bits per heavy atom. The number of pyridine rings is 2. The predicted molar refractivity (Wildman–Crippen MR) is 110 cm³/mol. The first-order valence-electron chi connectivity index (χ1n) is 9.40. The van der Waals surface area contributed by atoms with E-state index in [1.165, 1.54) is 31.5 Å². The summed E-state index contributed by atoms with van der Waals surface area (Å²) in [6.45, 7) is -0.0174. The number of hydrogen-bond donors (Lipinski definition) is 0. The van der Waals surface area contributed by atoms with Crippen LogP contribution in [-0.4, -0.2) is 36.3 Å². The summed E-state index contributed by atoms with van der Waals surface area (Å²) in [7, 11) is 1.45. The Bertz CT molecular complexity index is 1110. The molecule has 0 amide bonds. The normalized spacial score (nSPS) is 10.8. The van der Waals surface area contributed by atoms with Crippen LogP contribution in [0.1, 0.15) is 11.3 Å². The van der Waals surface area contributed by atoms with Crippen LogP contribution in [0, 0.1) is 17.5 Å². The van der Waals surface area contributed by atoms with Crippen LogP contribution in [0.4, 0.5) is 13.2 Å². The molecule has 6 nitrogen and oxygen atoms in total. The quantitative estimate of drug-likeness (QED) is 0.341. The lowest BCUT2D eigenvalue weighted by Gasteiger charge is -2.10. The minimum atomic E-state index is -0.786. The van der Waals surface area contributed by atoms with Gasteiger partial charge in [0.2, 0.25) is 5.88 Å². The summed E-state index contributed by atoms with van der Waals surface area (Å²) >= 11 is 5.67. The summed E-state index contributed by atoms with van der Waals surface area (Å²) in [5.74, 6) is -2.85. The summed E-state index contributed by atoms with van der Waals surface area (Å²) in [5.41, 5.74) is -0.163. The highest BCUT2D eigenvalue weighted by Gasteiger charge is 2.16. The van der Waals surface area contributed by atoms with Crippen molar-refractivity contribution < 1.29 is 32.2 Å². The van der Waals surface area contributed by atoms with Crippen molar-refractivity contribution >= 4 is 17.6 Å². The van der Waals surface area contributed by atoms with Crippen LogP contribution >= 0.6 is 11.6 Å². The van der Waals surface area contributed by atoms with Gasteiger partial charge < -0.3 is 14.2 Å². The Kier molecular flexibility index (Phi) is 8.02. The zero-order valence-corrected chi connectivity index (χ0v) is 17.7. The van der Waals surface area contributed by atoms with Crippen LogP contribution in [0.5, 0.6) is 5.88 Å². The van der Waals surface area contributed by atoms with Crippen LogP contribution in [0.25, 0.3) is 11.3 Å². The number of aromatic nitrogens is 2. The van der Waals surface area contributed by atoms with E-state index < -0.39 is 29.8 Å². The molecular formula is C22H18ClF3N2O4. The van der Waals surface area contributed by atoms with Crippen LogP contribution in [0.15, 0.2) is 42.6 Å². The maximum absolute atomic E-state index is 14.7. The Morgan fingerprint density at radius 1 is 1.06 bits per heavy atom. The minimum Gasteiger partial charge on any atom is -0.471 e. The molecule has 1 aromatic carbocycles. The fraction of sp³-hybridized carbons (Fsp3) is 0.227. The molecule has 168 valence electrons. The summed E-state index contributed by atoms with van der Waals surface area (Å²) in [6, 6.07) is 7.44. The second-order valence-electron chi connectivity index (χ2n) is 6.55. The molecule has 0 aliphatic heterocycles. The van der Waals surface area contributed by atoms with Crippen molar-refractivity contribution in [2.75, 3.05) is 20.3 Å². The molecule has 3 aromatic rings. The monoisotopic (exact) mass is 466 g/mol. The molecule has 0 radical (unpaired) electrons. The van der Waals surface area contributed by atoms with Crippen molar-refractivity contribution in [2.24, 2.45) is 0 Å². The van der Waals surface area contributed by atoms with E-state index in [0.717, 1.165) is 18.2 Å². The minimum absolute atomic E-state index is 0.0144. The fourth-order valence-corrected chi connectivity index (χ4v) is 2.85. The average molecular weight is 467 g/mol. The number of esters is 1. The van der Waals surface area contributed by atoms with Gasteiger partial charge in [-0.25, -0.2) is 18.2 Å². The van der Waals surface area contributed by atoms with Gasteiger partial charge in [-0.3, -0.25) is 9.78 Å². The molecule has 32 heavy (non-hydrogen) atoms. The van der Waals surface area contributed by atoms with Crippen molar-refractivity contribution in [2.45, 2.75) is 13.0 Å². The highest BCUT2D eigenvalue weighted by atomic mass is 35.5. The molecule has 0 saturated carbocycles. The molecule has 0 N–H and O–H groups in total.